The summed E-state index contributed by atoms with van der Waals surface area (Å²) in [6.45, 7) is 1.80. The number of carbonyl (C=O) groups is 1. The van der Waals surface area contributed by atoms with Crippen LogP contribution >= 0.6 is 0 Å². The third kappa shape index (κ3) is 2.52. The fourth-order valence-electron chi connectivity index (χ4n) is 1.86. The average Bonchev–Trinajstić information content (AvgIpc) is 2.83. The van der Waals surface area contributed by atoms with Gasteiger partial charge in [-0.1, -0.05) is 18.2 Å². The highest BCUT2D eigenvalue weighted by atomic mass is 16.3. The quantitative estimate of drug-likeness (QED) is 0.776. The fraction of sp³-hybridized carbons (Fsp3) is 0.231. The Morgan fingerprint density at radius 2 is 2.05 bits per heavy atom. The summed E-state index contributed by atoms with van der Waals surface area (Å²) >= 11 is 0. The zero-order chi connectivity index (χ0) is 14.0. The van der Waals surface area contributed by atoms with Crippen molar-refractivity contribution in [3.8, 4) is 5.75 Å². The van der Waals surface area contributed by atoms with Gasteiger partial charge in [-0.2, -0.15) is 0 Å². The third-order valence-corrected chi connectivity index (χ3v) is 3.11. The molecule has 0 aliphatic rings. The van der Waals surface area contributed by atoms with Crippen LogP contribution in [0.15, 0.2) is 35.3 Å². The third-order valence-electron chi connectivity index (χ3n) is 3.11. The number of para-hydroxylation sites is 1. The molecule has 0 saturated heterocycles. The minimum Gasteiger partial charge on any atom is -0.508 e. The molecule has 0 spiro atoms. The second kappa shape index (κ2) is 5.01. The Bertz CT molecular complexity index is 644. The van der Waals surface area contributed by atoms with E-state index in [4.69, 9.17) is 0 Å². The highest BCUT2D eigenvalue weighted by Crippen LogP contribution is 2.27. The first-order chi connectivity index (χ1) is 9.00. The molecule has 19 heavy (non-hydrogen) atoms. The Hall–Kier alpha value is -2.50. The molecule has 1 amide bonds. The summed E-state index contributed by atoms with van der Waals surface area (Å²) in [6.07, 6.45) is 1.33. The summed E-state index contributed by atoms with van der Waals surface area (Å²) in [7, 11) is 1.62. The summed E-state index contributed by atoms with van der Waals surface area (Å²) in [5, 5.41) is 9.78. The van der Waals surface area contributed by atoms with Gasteiger partial charge in [0.05, 0.1) is 6.04 Å². The van der Waals surface area contributed by atoms with Crippen LogP contribution in [0.4, 0.5) is 0 Å². The van der Waals surface area contributed by atoms with Crippen molar-refractivity contribution in [2.45, 2.75) is 13.0 Å². The molecule has 1 aromatic heterocycles. The molecule has 1 atom stereocenters. The molecule has 0 fully saturated rings. The van der Waals surface area contributed by atoms with Gasteiger partial charge >= 0.3 is 5.69 Å². The topological polar surface area (TPSA) is 89.2 Å². The van der Waals surface area contributed by atoms with E-state index < -0.39 is 5.69 Å². The lowest BCUT2D eigenvalue weighted by Crippen LogP contribution is -2.30. The Labute approximate surface area is 109 Å². The fourth-order valence-corrected chi connectivity index (χ4v) is 1.86. The summed E-state index contributed by atoms with van der Waals surface area (Å²) < 4.78 is 0. The number of hydrogen-bond acceptors (Lipinski definition) is 3. The zero-order valence-electron chi connectivity index (χ0n) is 10.7. The molecular formula is C13H15N3O3. The molecular weight excluding hydrogens is 246 g/mol. The van der Waals surface area contributed by atoms with Gasteiger partial charge in [0.2, 0.25) is 0 Å². The summed E-state index contributed by atoms with van der Waals surface area (Å²) in [5.74, 6) is -0.189. The number of aromatic nitrogens is 2. The van der Waals surface area contributed by atoms with Gasteiger partial charge in [0.15, 0.2) is 0 Å². The first-order valence-electron chi connectivity index (χ1n) is 5.83. The molecule has 1 unspecified atom stereocenters. The number of nitrogens with zero attached hydrogens (tertiary/aromatic N) is 1. The first kappa shape index (κ1) is 12.9. The van der Waals surface area contributed by atoms with Crippen LogP contribution in [-0.4, -0.2) is 32.9 Å². The van der Waals surface area contributed by atoms with E-state index in [0.29, 0.717) is 5.56 Å². The smallest absolute Gasteiger partial charge is 0.323 e. The number of carbonyl (C=O) groups excluding carboxylic acids is 1. The van der Waals surface area contributed by atoms with Crippen LogP contribution in [-0.2, 0) is 0 Å². The van der Waals surface area contributed by atoms with Crippen molar-refractivity contribution in [1.29, 1.82) is 0 Å². The Kier molecular flexibility index (Phi) is 3.41. The van der Waals surface area contributed by atoms with Gasteiger partial charge < -0.3 is 20.0 Å². The number of nitrogens with one attached hydrogen (secondary N) is 2. The molecule has 2 rings (SSSR count). The van der Waals surface area contributed by atoms with Gasteiger partial charge in [0.25, 0.3) is 5.91 Å². The molecule has 6 nitrogen and oxygen atoms in total. The van der Waals surface area contributed by atoms with Crippen LogP contribution in [0, 0.1) is 0 Å². The molecule has 1 aromatic carbocycles. The lowest BCUT2D eigenvalue weighted by molar-refractivity contribution is 0.0736. The standard InChI is InChI=1S/C13H15N3O3/c1-8(9-5-3-4-6-11(9)17)16(2)12(18)10-7-14-13(19)15-10/h3-8,17H,1-2H3,(H2,14,15,19). The predicted octanol–water partition coefficient (Wildman–Crippen LogP) is 1.24. The van der Waals surface area contributed by atoms with Crippen LogP contribution in [0.25, 0.3) is 0 Å². The van der Waals surface area contributed by atoms with Crippen LogP contribution in [0.5, 0.6) is 5.75 Å². The van der Waals surface area contributed by atoms with E-state index in [1.807, 2.05) is 0 Å². The largest absolute Gasteiger partial charge is 0.508 e. The molecule has 1 heterocycles. The molecule has 0 saturated carbocycles. The van der Waals surface area contributed by atoms with Crippen molar-refractivity contribution in [2.75, 3.05) is 7.05 Å². The monoisotopic (exact) mass is 261 g/mol. The van der Waals surface area contributed by atoms with Crippen molar-refractivity contribution in [3.63, 3.8) is 0 Å². The Balaban J connectivity index is 2.24. The van der Waals surface area contributed by atoms with Gasteiger partial charge in [-0.05, 0) is 13.0 Å². The Morgan fingerprint density at radius 1 is 1.37 bits per heavy atom. The SMILES string of the molecule is CC(c1ccccc1O)N(C)C(=O)c1c[nH]c(=O)[nH]1. The van der Waals surface area contributed by atoms with E-state index in [2.05, 4.69) is 9.97 Å². The molecule has 100 valence electrons. The van der Waals surface area contributed by atoms with Gasteiger partial charge in [-0.25, -0.2) is 4.79 Å². The van der Waals surface area contributed by atoms with Crippen molar-refractivity contribution in [3.05, 3.63) is 52.2 Å². The van der Waals surface area contributed by atoms with Gasteiger partial charge in [-0.15, -0.1) is 0 Å². The van der Waals surface area contributed by atoms with Crippen LogP contribution < -0.4 is 5.69 Å². The van der Waals surface area contributed by atoms with E-state index in [1.165, 1.54) is 11.1 Å². The van der Waals surface area contributed by atoms with Gasteiger partial charge in [0, 0.05) is 18.8 Å². The number of rotatable bonds is 3. The van der Waals surface area contributed by atoms with Gasteiger partial charge in [-0.3, -0.25) is 4.79 Å². The highest BCUT2D eigenvalue weighted by Gasteiger charge is 2.21. The number of aromatic hydroxyl groups is 1. The minimum atomic E-state index is -0.424. The van der Waals surface area contributed by atoms with Crippen molar-refractivity contribution in [1.82, 2.24) is 14.9 Å². The lowest BCUT2D eigenvalue weighted by Gasteiger charge is -2.25. The second-order valence-corrected chi connectivity index (χ2v) is 4.31. The van der Waals surface area contributed by atoms with Crippen molar-refractivity contribution >= 4 is 5.91 Å². The number of imidazole rings is 1. The normalized spacial score (nSPS) is 12.1. The maximum atomic E-state index is 12.1. The molecule has 3 N–H and O–H groups in total. The van der Waals surface area contributed by atoms with E-state index >= 15 is 0 Å². The number of amides is 1. The molecule has 2 aromatic rings. The number of H-pyrrole nitrogens is 2. The summed E-state index contributed by atoms with van der Waals surface area (Å²) in [4.78, 5) is 29.4. The first-order valence-corrected chi connectivity index (χ1v) is 5.83. The number of aromatic amines is 2. The number of hydrogen-bond donors (Lipinski definition) is 3. The van der Waals surface area contributed by atoms with Crippen LogP contribution in [0.3, 0.4) is 0 Å². The predicted molar refractivity (Wildman–Crippen MR) is 70.0 cm³/mol. The molecule has 0 bridgehead atoms. The van der Waals surface area contributed by atoms with Crippen LogP contribution in [0.2, 0.25) is 0 Å². The zero-order valence-corrected chi connectivity index (χ0v) is 10.7. The van der Waals surface area contributed by atoms with Crippen molar-refractivity contribution < 1.29 is 9.90 Å². The highest BCUT2D eigenvalue weighted by molar-refractivity contribution is 5.92. The molecule has 0 aliphatic carbocycles. The van der Waals surface area contributed by atoms with E-state index in [-0.39, 0.29) is 23.4 Å². The maximum Gasteiger partial charge on any atom is 0.323 e. The van der Waals surface area contributed by atoms with Crippen molar-refractivity contribution in [2.24, 2.45) is 0 Å². The summed E-state index contributed by atoms with van der Waals surface area (Å²) in [5.41, 5.74) is 0.415. The Morgan fingerprint density at radius 3 is 2.63 bits per heavy atom. The lowest BCUT2D eigenvalue weighted by atomic mass is 10.1. The van der Waals surface area contributed by atoms with E-state index in [9.17, 15) is 14.7 Å². The second-order valence-electron chi connectivity index (χ2n) is 4.31. The van der Waals surface area contributed by atoms with Gasteiger partial charge in [0.1, 0.15) is 11.4 Å². The van der Waals surface area contributed by atoms with E-state index in [1.54, 1.807) is 38.2 Å². The molecule has 6 heteroatoms. The number of phenolic OH excluding ortho intramolecular Hbond substituents is 1. The number of phenols is 1. The minimum absolute atomic E-state index is 0.136. The number of benzene rings is 1. The summed E-state index contributed by atoms with van der Waals surface area (Å²) in [6, 6.07) is 6.53. The maximum absolute atomic E-state index is 12.1. The van der Waals surface area contributed by atoms with Crippen LogP contribution in [0.1, 0.15) is 29.0 Å². The average molecular weight is 261 g/mol. The molecule has 0 radical (unpaired) electrons. The van der Waals surface area contributed by atoms with E-state index in [0.717, 1.165) is 0 Å². The molecule has 0 aliphatic heterocycles.